The van der Waals surface area contributed by atoms with Crippen LogP contribution >= 0.6 is 0 Å². The number of carbonyl (C=O) groups is 1. The van der Waals surface area contributed by atoms with Crippen LogP contribution in [-0.4, -0.2) is 31.4 Å². The highest BCUT2D eigenvalue weighted by Crippen LogP contribution is 2.30. The van der Waals surface area contributed by atoms with E-state index in [2.05, 4.69) is 13.5 Å². The molecular weight excluding hydrogens is 340 g/mol. The molecule has 1 aromatic carbocycles. The van der Waals surface area contributed by atoms with Crippen molar-refractivity contribution in [1.29, 1.82) is 0 Å². The number of ether oxygens (including phenoxy) is 3. The summed E-state index contributed by atoms with van der Waals surface area (Å²) in [5.74, 6) is -0.0485. The maximum Gasteiger partial charge on any atom is 0.311 e. The summed E-state index contributed by atoms with van der Waals surface area (Å²) in [4.78, 5) is 12.0. The lowest BCUT2D eigenvalue weighted by atomic mass is 9.89. The standard InChI is InChI=1S/C23H32O4/c1-17-14-20(12-9-13-25-15-19-10-7-6-8-11-19)27-21(18(17)2)16-26-22(24)23(3,4)5/h6-12,18,20-21H,1,13-16H2,2-5H3/b12-9+/t18-,20+,21-/m0/s1. The van der Waals surface area contributed by atoms with Crippen LogP contribution in [0.3, 0.4) is 0 Å². The van der Waals surface area contributed by atoms with Gasteiger partial charge in [-0.05, 0) is 32.8 Å². The molecule has 4 heteroatoms. The summed E-state index contributed by atoms with van der Waals surface area (Å²) in [6.45, 7) is 13.2. The average molecular weight is 373 g/mol. The molecule has 0 aromatic heterocycles. The van der Waals surface area contributed by atoms with E-state index < -0.39 is 5.41 Å². The summed E-state index contributed by atoms with van der Waals surface area (Å²) in [7, 11) is 0. The molecule has 0 bridgehead atoms. The molecule has 0 radical (unpaired) electrons. The van der Waals surface area contributed by atoms with Crippen LogP contribution in [0.25, 0.3) is 0 Å². The normalized spacial score (nSPS) is 23.6. The van der Waals surface area contributed by atoms with Crippen molar-refractivity contribution in [3.8, 4) is 0 Å². The van der Waals surface area contributed by atoms with Gasteiger partial charge in [0.2, 0.25) is 0 Å². The largest absolute Gasteiger partial charge is 0.463 e. The van der Waals surface area contributed by atoms with Crippen LogP contribution in [-0.2, 0) is 25.6 Å². The lowest BCUT2D eigenvalue weighted by Crippen LogP contribution is -2.39. The number of esters is 1. The van der Waals surface area contributed by atoms with Gasteiger partial charge in [-0.25, -0.2) is 0 Å². The first kappa shape index (κ1) is 21.4. The third kappa shape index (κ3) is 6.96. The predicted octanol–water partition coefficient (Wildman–Crippen LogP) is 4.70. The Hall–Kier alpha value is -1.91. The van der Waals surface area contributed by atoms with Gasteiger partial charge in [0.15, 0.2) is 0 Å². The molecule has 0 aliphatic carbocycles. The van der Waals surface area contributed by atoms with Crippen LogP contribution < -0.4 is 0 Å². The minimum atomic E-state index is -0.510. The number of benzene rings is 1. The van der Waals surface area contributed by atoms with Crippen LogP contribution in [0.15, 0.2) is 54.6 Å². The molecule has 148 valence electrons. The molecule has 27 heavy (non-hydrogen) atoms. The van der Waals surface area contributed by atoms with Crippen molar-refractivity contribution in [3.05, 3.63) is 60.2 Å². The molecule has 4 nitrogen and oxygen atoms in total. The molecule has 1 aliphatic heterocycles. The molecule has 3 atom stereocenters. The third-order valence-electron chi connectivity index (χ3n) is 4.68. The highest BCUT2D eigenvalue weighted by atomic mass is 16.6. The summed E-state index contributed by atoms with van der Waals surface area (Å²) in [6.07, 6.45) is 4.54. The molecule has 0 saturated carbocycles. The molecule has 0 spiro atoms. The minimum Gasteiger partial charge on any atom is -0.463 e. The first-order valence-corrected chi connectivity index (χ1v) is 9.56. The van der Waals surface area contributed by atoms with E-state index in [4.69, 9.17) is 14.2 Å². The monoisotopic (exact) mass is 372 g/mol. The molecule has 1 aromatic rings. The second-order valence-electron chi connectivity index (χ2n) is 8.14. The van der Waals surface area contributed by atoms with E-state index in [0.29, 0.717) is 13.2 Å². The van der Waals surface area contributed by atoms with E-state index in [1.807, 2.05) is 63.3 Å². The highest BCUT2D eigenvalue weighted by molar-refractivity contribution is 5.75. The van der Waals surface area contributed by atoms with Crippen molar-refractivity contribution in [1.82, 2.24) is 0 Å². The lowest BCUT2D eigenvalue weighted by Gasteiger charge is -2.35. The Labute approximate surface area is 163 Å². The van der Waals surface area contributed by atoms with Crippen molar-refractivity contribution in [2.45, 2.75) is 52.9 Å². The van der Waals surface area contributed by atoms with Gasteiger partial charge in [-0.3, -0.25) is 4.79 Å². The van der Waals surface area contributed by atoms with Crippen molar-refractivity contribution < 1.29 is 19.0 Å². The van der Waals surface area contributed by atoms with Gasteiger partial charge < -0.3 is 14.2 Å². The predicted molar refractivity (Wildman–Crippen MR) is 107 cm³/mol. The van der Waals surface area contributed by atoms with E-state index in [0.717, 1.165) is 17.6 Å². The van der Waals surface area contributed by atoms with E-state index >= 15 is 0 Å². The average Bonchev–Trinajstić information content (AvgIpc) is 2.62. The number of hydrogen-bond acceptors (Lipinski definition) is 4. The second kappa shape index (κ2) is 9.86. The van der Waals surface area contributed by atoms with E-state index in [9.17, 15) is 4.79 Å². The van der Waals surface area contributed by atoms with Crippen LogP contribution in [0, 0.1) is 11.3 Å². The minimum absolute atomic E-state index is 0.0626. The summed E-state index contributed by atoms with van der Waals surface area (Å²) in [5, 5.41) is 0. The van der Waals surface area contributed by atoms with Gasteiger partial charge in [0.1, 0.15) is 6.61 Å². The van der Waals surface area contributed by atoms with Crippen LogP contribution in [0.4, 0.5) is 0 Å². The number of carbonyl (C=O) groups excluding carboxylic acids is 1. The Bertz CT molecular complexity index is 642. The molecule has 1 heterocycles. The van der Waals surface area contributed by atoms with Crippen LogP contribution in [0.2, 0.25) is 0 Å². The van der Waals surface area contributed by atoms with Crippen molar-refractivity contribution >= 4 is 5.97 Å². The number of hydrogen-bond donors (Lipinski definition) is 0. The summed E-state index contributed by atoms with van der Waals surface area (Å²) in [6, 6.07) is 10.1. The molecule has 1 aliphatic rings. The SMILES string of the molecule is C=C1C[C@@H](/C=C/COCc2ccccc2)O[C@@H](COC(=O)C(C)(C)C)[C@H]1C. The summed E-state index contributed by atoms with van der Waals surface area (Å²) < 4.78 is 17.2. The van der Waals surface area contributed by atoms with E-state index in [1.54, 1.807) is 0 Å². The van der Waals surface area contributed by atoms with Gasteiger partial charge >= 0.3 is 5.97 Å². The molecule has 1 saturated heterocycles. The Morgan fingerprint density at radius 2 is 2.00 bits per heavy atom. The van der Waals surface area contributed by atoms with Crippen LogP contribution in [0.5, 0.6) is 0 Å². The first-order chi connectivity index (χ1) is 12.8. The quantitative estimate of drug-likeness (QED) is 0.395. The zero-order valence-corrected chi connectivity index (χ0v) is 16.9. The smallest absolute Gasteiger partial charge is 0.311 e. The Kier molecular flexibility index (Phi) is 7.81. The van der Waals surface area contributed by atoms with Crippen molar-refractivity contribution in [2.24, 2.45) is 11.3 Å². The maximum atomic E-state index is 12.0. The molecular formula is C23H32O4. The molecule has 2 rings (SSSR count). The third-order valence-corrected chi connectivity index (χ3v) is 4.68. The summed E-state index contributed by atoms with van der Waals surface area (Å²) >= 11 is 0. The molecule has 0 unspecified atom stereocenters. The van der Waals surface area contributed by atoms with Gasteiger partial charge in [-0.2, -0.15) is 0 Å². The topological polar surface area (TPSA) is 44.8 Å². The number of rotatable bonds is 7. The van der Waals surface area contributed by atoms with Crippen molar-refractivity contribution in [2.75, 3.05) is 13.2 Å². The zero-order valence-electron chi connectivity index (χ0n) is 16.9. The van der Waals surface area contributed by atoms with E-state index in [1.165, 1.54) is 0 Å². The fraction of sp³-hybridized carbons (Fsp3) is 0.522. The maximum absolute atomic E-state index is 12.0. The molecule has 1 fully saturated rings. The van der Waals surface area contributed by atoms with Gasteiger partial charge in [0.05, 0.1) is 30.8 Å². The Balaban J connectivity index is 1.79. The van der Waals surface area contributed by atoms with Gasteiger partial charge in [-0.1, -0.05) is 61.6 Å². The molecule has 0 amide bonds. The second-order valence-corrected chi connectivity index (χ2v) is 8.14. The van der Waals surface area contributed by atoms with Gasteiger partial charge in [0.25, 0.3) is 0 Å². The van der Waals surface area contributed by atoms with Gasteiger partial charge in [-0.15, -0.1) is 0 Å². The first-order valence-electron chi connectivity index (χ1n) is 9.56. The zero-order chi connectivity index (χ0) is 19.9. The van der Waals surface area contributed by atoms with Crippen LogP contribution in [0.1, 0.15) is 39.7 Å². The fourth-order valence-corrected chi connectivity index (χ4v) is 2.80. The van der Waals surface area contributed by atoms with Gasteiger partial charge in [0, 0.05) is 5.92 Å². The van der Waals surface area contributed by atoms with Crippen molar-refractivity contribution in [3.63, 3.8) is 0 Å². The fourth-order valence-electron chi connectivity index (χ4n) is 2.80. The van der Waals surface area contributed by atoms with E-state index in [-0.39, 0.29) is 30.7 Å². The Morgan fingerprint density at radius 1 is 1.30 bits per heavy atom. The molecule has 0 N–H and O–H groups in total. The lowest BCUT2D eigenvalue weighted by molar-refractivity contribution is -0.160. The highest BCUT2D eigenvalue weighted by Gasteiger charge is 2.32. The summed E-state index contributed by atoms with van der Waals surface area (Å²) in [5.41, 5.74) is 1.77. The Morgan fingerprint density at radius 3 is 2.67 bits per heavy atom.